The number of ketones is 1. The molecule has 0 aromatic heterocycles. The Morgan fingerprint density at radius 2 is 1.70 bits per heavy atom. The van der Waals surface area contributed by atoms with Crippen molar-refractivity contribution in [2.45, 2.75) is 12.8 Å². The summed E-state index contributed by atoms with van der Waals surface area (Å²) in [6.07, 6.45) is 2.71. The molecule has 0 bridgehead atoms. The Morgan fingerprint density at radius 1 is 1.00 bits per heavy atom. The lowest BCUT2D eigenvalue weighted by Gasteiger charge is -2.18. The van der Waals surface area contributed by atoms with Crippen molar-refractivity contribution in [3.05, 3.63) is 62.7 Å². The zero-order valence-electron chi connectivity index (χ0n) is 15.3. The van der Waals surface area contributed by atoms with E-state index in [0.29, 0.717) is 41.0 Å². The third-order valence-corrected chi connectivity index (χ3v) is 4.57. The van der Waals surface area contributed by atoms with E-state index in [9.17, 15) is 14.9 Å². The first-order valence-corrected chi connectivity index (χ1v) is 8.31. The highest BCUT2D eigenvalue weighted by Crippen LogP contribution is 2.37. The van der Waals surface area contributed by atoms with Crippen molar-refractivity contribution in [2.24, 2.45) is 0 Å². The Labute approximate surface area is 156 Å². The van der Waals surface area contributed by atoms with Gasteiger partial charge in [-0.3, -0.25) is 14.9 Å². The number of allylic oxidation sites excluding steroid dienone is 1. The number of methoxy groups -OCH3 is 3. The van der Waals surface area contributed by atoms with E-state index in [0.717, 1.165) is 5.56 Å². The average Bonchev–Trinajstić information content (AvgIpc) is 2.69. The Bertz CT molecular complexity index is 948. The SMILES string of the molecule is COc1ccc2c(c1)CC/C(=C\c1cc(OC)c(OC)cc1[N+](=O)[O-])C2=O. The maximum absolute atomic E-state index is 12.8. The quantitative estimate of drug-likeness (QED) is 0.452. The van der Waals surface area contributed by atoms with Crippen LogP contribution < -0.4 is 14.2 Å². The van der Waals surface area contributed by atoms with Crippen LogP contribution in [0, 0.1) is 10.1 Å². The van der Waals surface area contributed by atoms with Gasteiger partial charge in [0.05, 0.1) is 37.9 Å². The van der Waals surface area contributed by atoms with E-state index in [1.807, 2.05) is 6.07 Å². The average molecular weight is 369 g/mol. The van der Waals surface area contributed by atoms with Crippen molar-refractivity contribution in [3.8, 4) is 17.2 Å². The number of hydrogen-bond acceptors (Lipinski definition) is 6. The van der Waals surface area contributed by atoms with Gasteiger partial charge in [-0.2, -0.15) is 0 Å². The lowest BCUT2D eigenvalue weighted by atomic mass is 9.85. The minimum atomic E-state index is -0.500. The van der Waals surface area contributed by atoms with Crippen molar-refractivity contribution in [2.75, 3.05) is 21.3 Å². The summed E-state index contributed by atoms with van der Waals surface area (Å²) in [7, 11) is 4.44. The summed E-state index contributed by atoms with van der Waals surface area (Å²) in [5.74, 6) is 1.19. The molecule has 7 heteroatoms. The Hall–Kier alpha value is -3.35. The van der Waals surface area contributed by atoms with E-state index in [1.165, 1.54) is 26.4 Å². The maximum atomic E-state index is 12.8. The number of carbonyl (C=O) groups excluding carboxylic acids is 1. The van der Waals surface area contributed by atoms with Crippen LogP contribution in [-0.4, -0.2) is 32.0 Å². The van der Waals surface area contributed by atoms with Crippen LogP contribution in [-0.2, 0) is 6.42 Å². The molecule has 0 fully saturated rings. The topological polar surface area (TPSA) is 87.9 Å². The molecule has 0 atom stereocenters. The number of nitro groups is 1. The van der Waals surface area contributed by atoms with Gasteiger partial charge in [-0.1, -0.05) is 0 Å². The number of carbonyl (C=O) groups is 1. The van der Waals surface area contributed by atoms with Crippen LogP contribution in [0.4, 0.5) is 5.69 Å². The van der Waals surface area contributed by atoms with Gasteiger partial charge < -0.3 is 14.2 Å². The van der Waals surface area contributed by atoms with Crippen LogP contribution in [0.1, 0.15) is 27.9 Å². The molecule has 27 heavy (non-hydrogen) atoms. The lowest BCUT2D eigenvalue weighted by molar-refractivity contribution is -0.385. The third-order valence-electron chi connectivity index (χ3n) is 4.57. The van der Waals surface area contributed by atoms with Crippen LogP contribution >= 0.6 is 0 Å². The fourth-order valence-corrected chi connectivity index (χ4v) is 3.16. The van der Waals surface area contributed by atoms with Crippen LogP contribution in [0.2, 0.25) is 0 Å². The second-order valence-corrected chi connectivity index (χ2v) is 6.04. The van der Waals surface area contributed by atoms with Gasteiger partial charge in [0.15, 0.2) is 17.3 Å². The predicted molar refractivity (Wildman–Crippen MR) is 99.8 cm³/mol. The first-order valence-electron chi connectivity index (χ1n) is 8.31. The summed E-state index contributed by atoms with van der Waals surface area (Å²) in [5.41, 5.74) is 2.18. The summed E-state index contributed by atoms with van der Waals surface area (Å²) in [5, 5.41) is 11.5. The molecule has 0 radical (unpaired) electrons. The zero-order chi connectivity index (χ0) is 19.6. The van der Waals surface area contributed by atoms with Crippen molar-refractivity contribution in [1.29, 1.82) is 0 Å². The van der Waals surface area contributed by atoms with E-state index >= 15 is 0 Å². The van der Waals surface area contributed by atoms with Gasteiger partial charge >= 0.3 is 0 Å². The molecule has 2 aromatic carbocycles. The third kappa shape index (κ3) is 3.48. The van der Waals surface area contributed by atoms with Crippen LogP contribution in [0.25, 0.3) is 6.08 Å². The smallest absolute Gasteiger partial charge is 0.280 e. The second kappa shape index (κ2) is 7.49. The van der Waals surface area contributed by atoms with Crippen molar-refractivity contribution in [1.82, 2.24) is 0 Å². The molecule has 0 heterocycles. The maximum Gasteiger partial charge on any atom is 0.280 e. The summed E-state index contributed by atoms with van der Waals surface area (Å²) < 4.78 is 15.6. The van der Waals surface area contributed by atoms with Gasteiger partial charge in [0.2, 0.25) is 0 Å². The standard InChI is InChI=1S/C20H19NO6/c1-25-15-6-7-16-12(9-15)4-5-13(20(16)22)8-14-10-18(26-2)19(27-3)11-17(14)21(23)24/h6-11H,4-5H2,1-3H3/b13-8+. The molecule has 1 aliphatic carbocycles. The van der Waals surface area contributed by atoms with E-state index in [-0.39, 0.29) is 17.2 Å². The summed E-state index contributed by atoms with van der Waals surface area (Å²) in [6.45, 7) is 0. The number of nitro benzene ring substituents is 1. The van der Waals surface area contributed by atoms with Crippen molar-refractivity contribution in [3.63, 3.8) is 0 Å². The van der Waals surface area contributed by atoms with Crippen molar-refractivity contribution < 1.29 is 23.9 Å². The molecule has 2 aromatic rings. The monoisotopic (exact) mass is 369 g/mol. The minimum Gasteiger partial charge on any atom is -0.497 e. The molecule has 3 rings (SSSR count). The minimum absolute atomic E-state index is 0.136. The highest BCUT2D eigenvalue weighted by molar-refractivity contribution is 6.13. The number of Topliss-reactive ketones (excluding diaryl/α,β-unsaturated/α-hetero) is 1. The summed E-state index contributed by atoms with van der Waals surface area (Å²) in [6, 6.07) is 8.13. The summed E-state index contributed by atoms with van der Waals surface area (Å²) >= 11 is 0. The largest absolute Gasteiger partial charge is 0.497 e. The molecule has 0 N–H and O–H groups in total. The number of ether oxygens (including phenoxy) is 3. The summed E-state index contributed by atoms with van der Waals surface area (Å²) in [4.78, 5) is 23.8. The number of hydrogen-bond donors (Lipinski definition) is 0. The highest BCUT2D eigenvalue weighted by atomic mass is 16.6. The van der Waals surface area contributed by atoms with Crippen molar-refractivity contribution >= 4 is 17.5 Å². The zero-order valence-corrected chi connectivity index (χ0v) is 15.3. The Morgan fingerprint density at radius 3 is 2.33 bits per heavy atom. The predicted octanol–water partition coefficient (Wildman–Crippen LogP) is 3.83. The highest BCUT2D eigenvalue weighted by Gasteiger charge is 2.25. The van der Waals surface area contributed by atoms with Crippen LogP contribution in [0.3, 0.4) is 0 Å². The van der Waals surface area contributed by atoms with Gasteiger partial charge in [-0.15, -0.1) is 0 Å². The van der Waals surface area contributed by atoms with Crippen LogP contribution in [0.5, 0.6) is 17.2 Å². The first-order chi connectivity index (χ1) is 13.0. The van der Waals surface area contributed by atoms with E-state index < -0.39 is 4.92 Å². The lowest BCUT2D eigenvalue weighted by Crippen LogP contribution is -2.14. The number of fused-ring (bicyclic) bond motifs is 1. The molecule has 140 valence electrons. The van der Waals surface area contributed by atoms with Gasteiger partial charge in [0.1, 0.15) is 5.75 Å². The number of aryl methyl sites for hydroxylation is 1. The van der Waals surface area contributed by atoms with Gasteiger partial charge in [0, 0.05) is 11.1 Å². The van der Waals surface area contributed by atoms with Crippen LogP contribution in [0.15, 0.2) is 35.9 Å². The molecular formula is C20H19NO6. The molecule has 0 aliphatic heterocycles. The molecule has 0 amide bonds. The number of benzene rings is 2. The molecule has 0 unspecified atom stereocenters. The van der Waals surface area contributed by atoms with E-state index in [1.54, 1.807) is 25.3 Å². The molecule has 1 aliphatic rings. The number of rotatable bonds is 5. The fraction of sp³-hybridized carbons (Fsp3) is 0.250. The molecule has 0 spiro atoms. The molecular weight excluding hydrogens is 350 g/mol. The van der Waals surface area contributed by atoms with E-state index in [4.69, 9.17) is 14.2 Å². The van der Waals surface area contributed by atoms with Gasteiger partial charge in [-0.25, -0.2) is 0 Å². The molecule has 0 saturated heterocycles. The second-order valence-electron chi connectivity index (χ2n) is 6.04. The first kappa shape index (κ1) is 18.4. The fourth-order valence-electron chi connectivity index (χ4n) is 3.16. The van der Waals surface area contributed by atoms with Gasteiger partial charge in [0.25, 0.3) is 5.69 Å². The van der Waals surface area contributed by atoms with Gasteiger partial charge in [-0.05, 0) is 48.7 Å². The number of nitrogens with zero attached hydrogens (tertiary/aromatic N) is 1. The molecule has 7 nitrogen and oxygen atoms in total. The Kier molecular flexibility index (Phi) is 5.12. The Balaban J connectivity index is 2.06. The van der Waals surface area contributed by atoms with E-state index in [2.05, 4.69) is 0 Å². The normalized spacial score (nSPS) is 14.6. The molecule has 0 saturated carbocycles.